The number of rotatable bonds is 7. The first-order valence-corrected chi connectivity index (χ1v) is 11.0. The summed E-state index contributed by atoms with van der Waals surface area (Å²) in [6.07, 6.45) is 4.17. The van der Waals surface area contributed by atoms with Crippen LogP contribution in [-0.4, -0.2) is 33.3 Å². The van der Waals surface area contributed by atoms with Gasteiger partial charge in [0, 0.05) is 29.5 Å². The molecule has 6 nitrogen and oxygen atoms in total. The zero-order valence-electron chi connectivity index (χ0n) is 18.1. The van der Waals surface area contributed by atoms with Crippen molar-refractivity contribution in [3.05, 3.63) is 100 Å². The van der Waals surface area contributed by atoms with Gasteiger partial charge >= 0.3 is 0 Å². The Labute approximate surface area is 197 Å². The van der Waals surface area contributed by atoms with Gasteiger partial charge in [-0.2, -0.15) is 0 Å². The lowest BCUT2D eigenvalue weighted by Crippen LogP contribution is -2.29. The quantitative estimate of drug-likeness (QED) is 0.298. The van der Waals surface area contributed by atoms with E-state index < -0.39 is 17.7 Å². The first-order chi connectivity index (χ1) is 16.0. The number of halogens is 1. The number of carbonyl (C=O) groups excluding carboxylic acids is 2. The Kier molecular flexibility index (Phi) is 6.75. The number of aliphatic hydroxyl groups is 1. The maximum absolute atomic E-state index is 13.1. The van der Waals surface area contributed by atoms with E-state index in [4.69, 9.17) is 16.3 Å². The van der Waals surface area contributed by atoms with Gasteiger partial charge < -0.3 is 14.7 Å². The van der Waals surface area contributed by atoms with E-state index in [9.17, 15) is 14.7 Å². The van der Waals surface area contributed by atoms with Crippen LogP contribution in [0, 0.1) is 0 Å². The predicted octanol–water partition coefficient (Wildman–Crippen LogP) is 5.15. The van der Waals surface area contributed by atoms with Gasteiger partial charge in [0.2, 0.25) is 0 Å². The van der Waals surface area contributed by atoms with E-state index >= 15 is 0 Å². The predicted molar refractivity (Wildman–Crippen MR) is 126 cm³/mol. The summed E-state index contributed by atoms with van der Waals surface area (Å²) in [6, 6.07) is 16.5. The molecule has 1 amide bonds. The Balaban J connectivity index is 1.78. The van der Waals surface area contributed by atoms with E-state index in [1.165, 1.54) is 4.90 Å². The van der Waals surface area contributed by atoms with Crippen LogP contribution in [0.1, 0.15) is 36.1 Å². The van der Waals surface area contributed by atoms with E-state index in [0.29, 0.717) is 28.5 Å². The Morgan fingerprint density at radius 3 is 2.45 bits per heavy atom. The highest BCUT2D eigenvalue weighted by Crippen LogP contribution is 2.40. The molecule has 1 fully saturated rings. The summed E-state index contributed by atoms with van der Waals surface area (Å²) in [5, 5.41) is 11.7. The fourth-order valence-corrected chi connectivity index (χ4v) is 3.93. The molecule has 168 valence electrons. The molecule has 4 rings (SSSR count). The summed E-state index contributed by atoms with van der Waals surface area (Å²) in [5.41, 5.74) is 1.91. The van der Waals surface area contributed by atoms with E-state index in [0.717, 1.165) is 12.0 Å². The van der Waals surface area contributed by atoms with Gasteiger partial charge in [-0.3, -0.25) is 14.6 Å². The average Bonchev–Trinajstić information content (AvgIpc) is 3.08. The molecule has 2 heterocycles. The SMILES string of the molecule is CCCOc1ccc(/C(O)=C2\C(=O)C(=O)N(Cc3cccnc3)[C@@H]2c2ccc(Cl)cc2)cc1. The molecule has 2 aromatic carbocycles. The minimum Gasteiger partial charge on any atom is -0.507 e. The summed E-state index contributed by atoms with van der Waals surface area (Å²) in [6.45, 7) is 2.77. The summed E-state index contributed by atoms with van der Waals surface area (Å²) < 4.78 is 5.59. The lowest BCUT2D eigenvalue weighted by Gasteiger charge is -2.25. The van der Waals surface area contributed by atoms with Crippen molar-refractivity contribution >= 4 is 29.1 Å². The minimum absolute atomic E-state index is 0.0356. The molecule has 0 radical (unpaired) electrons. The third-order valence-electron chi connectivity index (χ3n) is 5.40. The second kappa shape index (κ2) is 9.88. The highest BCUT2D eigenvalue weighted by Gasteiger charge is 2.46. The number of likely N-dealkylation sites (tertiary alicyclic amines) is 1. The van der Waals surface area contributed by atoms with Crippen molar-refractivity contribution in [2.45, 2.75) is 25.9 Å². The molecule has 0 aliphatic carbocycles. The molecule has 1 aromatic heterocycles. The second-order valence-corrected chi connectivity index (χ2v) is 8.15. The molecular formula is C26H23ClN2O4. The fourth-order valence-electron chi connectivity index (χ4n) is 3.81. The van der Waals surface area contributed by atoms with Crippen LogP contribution in [0.15, 0.2) is 78.6 Å². The average molecular weight is 463 g/mol. The topological polar surface area (TPSA) is 79.7 Å². The summed E-state index contributed by atoms with van der Waals surface area (Å²) in [7, 11) is 0. The molecule has 0 bridgehead atoms. The van der Waals surface area contributed by atoms with Crippen LogP contribution in [0.5, 0.6) is 5.75 Å². The van der Waals surface area contributed by atoms with Crippen LogP contribution in [0.4, 0.5) is 0 Å². The molecule has 0 unspecified atom stereocenters. The molecule has 1 aliphatic heterocycles. The van der Waals surface area contributed by atoms with Crippen LogP contribution < -0.4 is 4.74 Å². The van der Waals surface area contributed by atoms with Gasteiger partial charge in [-0.05, 0) is 60.0 Å². The Hall–Kier alpha value is -3.64. The van der Waals surface area contributed by atoms with E-state index in [2.05, 4.69) is 4.98 Å². The molecule has 1 atom stereocenters. The van der Waals surface area contributed by atoms with Crippen molar-refractivity contribution in [3.63, 3.8) is 0 Å². The number of ether oxygens (including phenoxy) is 1. The van der Waals surface area contributed by atoms with Crippen LogP contribution in [-0.2, 0) is 16.1 Å². The van der Waals surface area contributed by atoms with Crippen molar-refractivity contribution in [1.29, 1.82) is 0 Å². The minimum atomic E-state index is -0.765. The summed E-state index contributed by atoms with van der Waals surface area (Å²) in [5.74, 6) is -0.977. The van der Waals surface area contributed by atoms with Crippen molar-refractivity contribution < 1.29 is 19.4 Å². The zero-order valence-corrected chi connectivity index (χ0v) is 18.8. The maximum Gasteiger partial charge on any atom is 0.295 e. The fraction of sp³-hybridized carbons (Fsp3) is 0.192. The number of hydrogen-bond donors (Lipinski definition) is 1. The number of Topliss-reactive ketones (excluding diaryl/α,β-unsaturated/α-hetero) is 1. The smallest absolute Gasteiger partial charge is 0.295 e. The third-order valence-corrected chi connectivity index (χ3v) is 5.65. The Bertz CT molecular complexity index is 1180. The number of ketones is 1. The van der Waals surface area contributed by atoms with Gasteiger partial charge in [0.15, 0.2) is 0 Å². The van der Waals surface area contributed by atoms with Gasteiger partial charge in [0.25, 0.3) is 11.7 Å². The summed E-state index contributed by atoms with van der Waals surface area (Å²) in [4.78, 5) is 31.7. The first-order valence-electron chi connectivity index (χ1n) is 10.7. The number of amides is 1. The van der Waals surface area contributed by atoms with E-state index in [-0.39, 0.29) is 17.9 Å². The van der Waals surface area contributed by atoms with Gasteiger partial charge in [-0.1, -0.05) is 36.7 Å². The normalized spacial score (nSPS) is 17.4. The number of hydrogen-bond acceptors (Lipinski definition) is 5. The lowest BCUT2D eigenvalue weighted by molar-refractivity contribution is -0.140. The number of aliphatic hydroxyl groups excluding tert-OH is 1. The number of aromatic nitrogens is 1. The van der Waals surface area contributed by atoms with Crippen molar-refractivity contribution in [2.24, 2.45) is 0 Å². The summed E-state index contributed by atoms with van der Waals surface area (Å²) >= 11 is 6.06. The molecule has 0 saturated carbocycles. The molecule has 33 heavy (non-hydrogen) atoms. The van der Waals surface area contributed by atoms with Crippen molar-refractivity contribution in [3.8, 4) is 5.75 Å². The third kappa shape index (κ3) is 4.76. The standard InChI is InChI=1S/C26H23ClN2O4/c1-2-14-33-21-11-7-19(8-12-21)24(30)22-23(18-5-9-20(27)10-6-18)29(26(32)25(22)31)16-17-4-3-13-28-15-17/h3-13,15,23,30H,2,14,16H2,1H3/b24-22+/t23-/m1/s1. The molecule has 1 saturated heterocycles. The highest BCUT2D eigenvalue weighted by atomic mass is 35.5. The molecule has 1 N–H and O–H groups in total. The zero-order chi connectivity index (χ0) is 23.4. The van der Waals surface area contributed by atoms with Gasteiger partial charge in [0.1, 0.15) is 11.5 Å². The first kappa shape index (κ1) is 22.6. The second-order valence-electron chi connectivity index (χ2n) is 7.71. The Morgan fingerprint density at radius 1 is 1.09 bits per heavy atom. The number of benzene rings is 2. The van der Waals surface area contributed by atoms with Crippen molar-refractivity contribution in [2.75, 3.05) is 6.61 Å². The van der Waals surface area contributed by atoms with Crippen LogP contribution in [0.25, 0.3) is 5.76 Å². The van der Waals surface area contributed by atoms with Gasteiger partial charge in [-0.15, -0.1) is 0 Å². The van der Waals surface area contributed by atoms with E-state index in [1.54, 1.807) is 67.0 Å². The molecular weight excluding hydrogens is 440 g/mol. The van der Waals surface area contributed by atoms with Crippen LogP contribution >= 0.6 is 11.6 Å². The number of nitrogens with zero attached hydrogens (tertiary/aromatic N) is 2. The van der Waals surface area contributed by atoms with Crippen LogP contribution in [0.2, 0.25) is 5.02 Å². The monoisotopic (exact) mass is 462 g/mol. The van der Waals surface area contributed by atoms with Gasteiger partial charge in [-0.25, -0.2) is 0 Å². The maximum atomic E-state index is 13.1. The molecule has 3 aromatic rings. The number of pyridine rings is 1. The van der Waals surface area contributed by atoms with E-state index in [1.807, 2.05) is 13.0 Å². The molecule has 7 heteroatoms. The van der Waals surface area contributed by atoms with Crippen molar-refractivity contribution in [1.82, 2.24) is 9.88 Å². The van der Waals surface area contributed by atoms with Gasteiger partial charge in [0.05, 0.1) is 18.2 Å². The van der Waals surface area contributed by atoms with Crippen LogP contribution in [0.3, 0.4) is 0 Å². The number of carbonyl (C=O) groups is 2. The largest absolute Gasteiger partial charge is 0.507 e. The lowest BCUT2D eigenvalue weighted by atomic mass is 9.95. The Morgan fingerprint density at radius 2 is 1.82 bits per heavy atom. The molecule has 0 spiro atoms. The highest BCUT2D eigenvalue weighted by molar-refractivity contribution is 6.46. The molecule has 1 aliphatic rings.